The molecule has 0 unspecified atom stereocenters. The minimum atomic E-state index is 0.0584. The Labute approximate surface area is 204 Å². The minimum Gasteiger partial charge on any atom is -0.397 e. The number of nitrogen functional groups attached to an aromatic ring is 4. The van der Waals surface area contributed by atoms with Crippen LogP contribution < -0.4 is 22.9 Å². The molecule has 5 rings (SSSR count). The normalized spacial score (nSPS) is 14.0. The van der Waals surface area contributed by atoms with Crippen LogP contribution >= 0.6 is 0 Å². The standard InChI is InChI=1S/C24H24N12/c25-9-1-10(26)18-5-17(9)33-19-6-21(13(29)2-11(19)27)35-23-8-24(16(32)4-15(23)31)36-22-7-20(34-18)12(28)3-14(22)30/h1,4-8,27-30,33-34H,2-3,25-26,31-32H2. The van der Waals surface area contributed by atoms with Crippen LogP contribution in [-0.2, 0) is 0 Å². The van der Waals surface area contributed by atoms with Crippen molar-refractivity contribution in [3.63, 3.8) is 0 Å². The van der Waals surface area contributed by atoms with Crippen molar-refractivity contribution in [2.75, 3.05) is 22.9 Å². The first-order valence-electron chi connectivity index (χ1n) is 10.9. The number of aromatic amines is 2. The van der Waals surface area contributed by atoms with Gasteiger partial charge >= 0.3 is 0 Å². The molecule has 12 nitrogen and oxygen atoms in total. The summed E-state index contributed by atoms with van der Waals surface area (Å²) >= 11 is 0. The van der Waals surface area contributed by atoms with Crippen molar-refractivity contribution in [3.8, 4) is 0 Å². The van der Waals surface area contributed by atoms with E-state index in [0.29, 0.717) is 67.6 Å². The molecule has 0 saturated carbocycles. The van der Waals surface area contributed by atoms with Gasteiger partial charge < -0.3 is 54.5 Å². The Morgan fingerprint density at radius 1 is 0.528 bits per heavy atom. The van der Waals surface area contributed by atoms with Crippen LogP contribution in [-0.4, -0.2) is 42.8 Å². The van der Waals surface area contributed by atoms with Gasteiger partial charge in [0.1, 0.15) is 0 Å². The first kappa shape index (κ1) is 22.5. The molecule has 3 aromatic rings. The van der Waals surface area contributed by atoms with Gasteiger partial charge in [0.25, 0.3) is 0 Å². The van der Waals surface area contributed by atoms with Gasteiger partial charge in [-0.1, -0.05) is 0 Å². The van der Waals surface area contributed by atoms with Crippen LogP contribution in [0, 0.1) is 21.6 Å². The fourth-order valence-corrected chi connectivity index (χ4v) is 3.98. The predicted octanol–water partition coefficient (Wildman–Crippen LogP) is 2.86. The maximum atomic E-state index is 8.40. The van der Waals surface area contributed by atoms with Crippen molar-refractivity contribution in [1.82, 2.24) is 19.9 Å². The summed E-state index contributed by atoms with van der Waals surface area (Å²) in [6.07, 6.45) is 0.117. The summed E-state index contributed by atoms with van der Waals surface area (Å²) in [6.45, 7) is 0. The summed E-state index contributed by atoms with van der Waals surface area (Å²) in [5.41, 5.74) is 30.0. The number of hydrogen-bond donors (Lipinski definition) is 10. The lowest BCUT2D eigenvalue weighted by atomic mass is 10.0. The Balaban J connectivity index is 2.02. The van der Waals surface area contributed by atoms with E-state index in [1.165, 1.54) is 6.07 Å². The molecule has 0 saturated heterocycles. The highest BCUT2D eigenvalue weighted by molar-refractivity contribution is 6.18. The van der Waals surface area contributed by atoms with E-state index in [4.69, 9.17) is 44.6 Å². The number of nitrogens with one attached hydrogen (secondary N) is 6. The maximum Gasteiger partial charge on any atom is 0.0890 e. The fraction of sp³-hybridized carbons (Fsp3) is 0.0833. The second-order valence-electron chi connectivity index (χ2n) is 8.62. The van der Waals surface area contributed by atoms with Gasteiger partial charge in [-0.2, -0.15) is 0 Å². The van der Waals surface area contributed by atoms with Gasteiger partial charge in [-0.3, -0.25) is 0 Å². The molecule has 1 heterocycles. The molecule has 180 valence electrons. The van der Waals surface area contributed by atoms with E-state index in [2.05, 4.69) is 19.9 Å². The fourth-order valence-electron chi connectivity index (χ4n) is 3.98. The molecular formula is C24H24N12. The smallest absolute Gasteiger partial charge is 0.0890 e. The van der Waals surface area contributed by atoms with E-state index in [0.717, 1.165) is 0 Å². The van der Waals surface area contributed by atoms with Crippen molar-refractivity contribution in [1.29, 1.82) is 21.6 Å². The maximum absolute atomic E-state index is 8.40. The third-order valence-electron chi connectivity index (χ3n) is 5.96. The third-order valence-corrected chi connectivity index (χ3v) is 5.96. The second kappa shape index (κ2) is 8.20. The van der Waals surface area contributed by atoms with Crippen LogP contribution in [0.4, 0.5) is 22.7 Å². The number of hydrogen-bond acceptors (Lipinski definition) is 10. The average molecular weight is 481 g/mol. The summed E-state index contributed by atoms with van der Waals surface area (Å²) < 4.78 is 0. The Morgan fingerprint density at radius 3 is 1.39 bits per heavy atom. The first-order chi connectivity index (χ1) is 17.1. The van der Waals surface area contributed by atoms with Gasteiger partial charge in [0.15, 0.2) is 0 Å². The molecule has 2 aromatic carbocycles. The number of nitrogens with zero attached hydrogens (tertiary/aromatic N) is 2. The number of aromatic nitrogens is 4. The Bertz CT molecular complexity index is 1470. The number of benzene rings is 2. The highest BCUT2D eigenvalue weighted by atomic mass is 14.8. The molecule has 1 aromatic heterocycles. The van der Waals surface area contributed by atoms with Crippen LogP contribution in [0.25, 0.3) is 22.1 Å². The lowest BCUT2D eigenvalue weighted by Gasteiger charge is -2.14. The van der Waals surface area contributed by atoms with Crippen molar-refractivity contribution in [2.24, 2.45) is 0 Å². The molecular weight excluding hydrogens is 456 g/mol. The van der Waals surface area contributed by atoms with Crippen molar-refractivity contribution in [3.05, 3.63) is 59.2 Å². The number of fused-ring (bicyclic) bond motifs is 8. The van der Waals surface area contributed by atoms with E-state index in [-0.39, 0.29) is 35.7 Å². The molecule has 0 amide bonds. The van der Waals surface area contributed by atoms with Gasteiger partial charge in [-0.25, -0.2) is 9.97 Å². The molecule has 2 aliphatic carbocycles. The van der Waals surface area contributed by atoms with Gasteiger partial charge in [0.2, 0.25) is 0 Å². The molecule has 14 N–H and O–H groups in total. The summed E-state index contributed by atoms with van der Waals surface area (Å²) in [5, 5.41) is 33.6. The number of nitrogens with two attached hydrogens (primary N) is 4. The summed E-state index contributed by atoms with van der Waals surface area (Å²) in [6, 6.07) is 9.57. The average Bonchev–Trinajstić information content (AvgIpc) is 2.79. The zero-order valence-electron chi connectivity index (χ0n) is 19.1. The predicted molar refractivity (Wildman–Crippen MR) is 144 cm³/mol. The lowest BCUT2D eigenvalue weighted by molar-refractivity contribution is 1.20. The van der Waals surface area contributed by atoms with E-state index < -0.39 is 0 Å². The Hall–Kier alpha value is -5.26. The topological polar surface area (TPSA) is 257 Å². The number of rotatable bonds is 0. The molecule has 0 atom stereocenters. The summed E-state index contributed by atoms with van der Waals surface area (Å²) in [5.74, 6) is 0. The number of H-pyrrole nitrogens is 2. The lowest BCUT2D eigenvalue weighted by Crippen LogP contribution is -2.17. The molecule has 0 aliphatic heterocycles. The first-order valence-corrected chi connectivity index (χ1v) is 10.9. The summed E-state index contributed by atoms with van der Waals surface area (Å²) in [7, 11) is 0. The van der Waals surface area contributed by atoms with Gasteiger partial charge in [-0.05, 0) is 36.4 Å². The van der Waals surface area contributed by atoms with Gasteiger partial charge in [0, 0.05) is 12.8 Å². The second-order valence-corrected chi connectivity index (χ2v) is 8.62. The van der Waals surface area contributed by atoms with E-state index in [1.807, 2.05) is 0 Å². The monoisotopic (exact) mass is 480 g/mol. The number of anilines is 4. The third kappa shape index (κ3) is 3.96. The minimum absolute atomic E-state index is 0.0584. The Kier molecular flexibility index (Phi) is 5.13. The van der Waals surface area contributed by atoms with Gasteiger partial charge in [-0.15, -0.1) is 0 Å². The molecule has 0 radical (unpaired) electrons. The summed E-state index contributed by atoms with van der Waals surface area (Å²) in [4.78, 5) is 15.5. The molecule has 12 heteroatoms. The Morgan fingerprint density at radius 2 is 0.944 bits per heavy atom. The molecule has 2 aliphatic rings. The van der Waals surface area contributed by atoms with Crippen LogP contribution in [0.3, 0.4) is 0 Å². The zero-order chi connectivity index (χ0) is 25.7. The van der Waals surface area contributed by atoms with E-state index >= 15 is 0 Å². The molecule has 36 heavy (non-hydrogen) atoms. The highest BCUT2D eigenvalue weighted by Gasteiger charge is 2.18. The SMILES string of the molecule is N=C1CC(=N)c2cc1nc1cc(nc3cc([nH]c4cc([nH]2)c(N)cc4N)C(=N)CC3=N)c(N)cc1N. The molecule has 8 bridgehead atoms. The van der Waals surface area contributed by atoms with Crippen molar-refractivity contribution < 1.29 is 0 Å². The molecule has 0 fully saturated rings. The van der Waals surface area contributed by atoms with Crippen molar-refractivity contribution in [2.45, 2.75) is 12.8 Å². The van der Waals surface area contributed by atoms with Crippen molar-refractivity contribution >= 4 is 67.7 Å². The van der Waals surface area contributed by atoms with Crippen LogP contribution in [0.5, 0.6) is 0 Å². The largest absolute Gasteiger partial charge is 0.397 e. The van der Waals surface area contributed by atoms with Crippen LogP contribution in [0.1, 0.15) is 35.6 Å². The van der Waals surface area contributed by atoms with E-state index in [9.17, 15) is 0 Å². The molecule has 0 spiro atoms. The quantitative estimate of drug-likeness (QED) is 0.216. The van der Waals surface area contributed by atoms with Crippen LogP contribution in [0.2, 0.25) is 0 Å². The van der Waals surface area contributed by atoms with Crippen LogP contribution in [0.15, 0.2) is 36.4 Å². The van der Waals surface area contributed by atoms with E-state index in [1.54, 1.807) is 30.3 Å². The highest BCUT2D eigenvalue weighted by Crippen LogP contribution is 2.24. The van der Waals surface area contributed by atoms with Gasteiger partial charge in [0.05, 0.1) is 90.4 Å². The zero-order valence-corrected chi connectivity index (χ0v) is 19.1.